The van der Waals surface area contributed by atoms with Crippen molar-refractivity contribution in [3.63, 3.8) is 0 Å². The number of rotatable bonds is 4. The number of fused-ring (bicyclic) bond motifs is 1. The van der Waals surface area contributed by atoms with E-state index < -0.39 is 38.5 Å². The van der Waals surface area contributed by atoms with E-state index in [9.17, 15) is 9.67 Å². The minimum atomic E-state index is -4.87. The van der Waals surface area contributed by atoms with Gasteiger partial charge in [-0.25, -0.2) is 19.5 Å². The molecular weight excluding hydrogens is 357 g/mol. The molecule has 2 aliphatic rings. The molecule has 4 rings (SSSR count). The Morgan fingerprint density at radius 3 is 2.72 bits per heavy atom. The molecule has 0 spiro atoms. The van der Waals surface area contributed by atoms with Crippen molar-refractivity contribution >= 4 is 24.8 Å². The van der Waals surface area contributed by atoms with Gasteiger partial charge in [0.1, 0.15) is 36.3 Å². The number of imidazole rings is 1. The lowest BCUT2D eigenvalue weighted by Gasteiger charge is -2.29. The zero-order valence-electron chi connectivity index (χ0n) is 12.5. The van der Waals surface area contributed by atoms with E-state index in [1.165, 1.54) is 23.5 Å². The normalized spacial score (nSPS) is 31.9. The van der Waals surface area contributed by atoms with Crippen LogP contribution in [0.5, 0.6) is 0 Å². The third-order valence-corrected chi connectivity index (χ3v) is 4.52. The SMILES string of the molecule is Nc1ncnc2c1ncn2[C@@H]1O[C@H](C2C=CO2)[C@@H](OP(=O)(O)O)[C@H]1O. The molecule has 2 aliphatic heterocycles. The number of phosphoric ester groups is 1. The Kier molecular flexibility index (Phi) is 3.76. The first-order valence-corrected chi connectivity index (χ1v) is 8.71. The number of anilines is 1. The van der Waals surface area contributed by atoms with Gasteiger partial charge in [-0.05, 0) is 6.08 Å². The summed E-state index contributed by atoms with van der Waals surface area (Å²) in [6, 6.07) is 0. The van der Waals surface area contributed by atoms with Gasteiger partial charge >= 0.3 is 7.82 Å². The molecule has 5 atom stereocenters. The summed E-state index contributed by atoms with van der Waals surface area (Å²) in [6.45, 7) is 0. The summed E-state index contributed by atoms with van der Waals surface area (Å²) in [4.78, 5) is 30.2. The molecule has 5 N–H and O–H groups in total. The number of hydrogen-bond acceptors (Lipinski definition) is 9. The molecule has 12 nitrogen and oxygen atoms in total. The monoisotopic (exact) mass is 371 g/mol. The van der Waals surface area contributed by atoms with Crippen LogP contribution in [-0.4, -0.2) is 58.8 Å². The van der Waals surface area contributed by atoms with Gasteiger partial charge in [-0.1, -0.05) is 0 Å². The maximum absolute atomic E-state index is 11.2. The van der Waals surface area contributed by atoms with Crippen LogP contribution in [0.25, 0.3) is 11.2 Å². The molecule has 2 aromatic heterocycles. The van der Waals surface area contributed by atoms with Crippen LogP contribution in [0, 0.1) is 0 Å². The van der Waals surface area contributed by atoms with Gasteiger partial charge in [0.25, 0.3) is 0 Å². The fraction of sp³-hybridized carbons (Fsp3) is 0.417. The average molecular weight is 371 g/mol. The Bertz CT molecular complexity index is 882. The molecular formula is C12H14N5O7P. The number of phosphoric acid groups is 1. The molecule has 1 fully saturated rings. The molecule has 0 aliphatic carbocycles. The minimum Gasteiger partial charge on any atom is -0.491 e. The molecule has 1 unspecified atom stereocenters. The van der Waals surface area contributed by atoms with E-state index >= 15 is 0 Å². The van der Waals surface area contributed by atoms with E-state index in [-0.39, 0.29) is 5.82 Å². The van der Waals surface area contributed by atoms with Crippen molar-refractivity contribution in [2.75, 3.05) is 5.73 Å². The minimum absolute atomic E-state index is 0.154. The summed E-state index contributed by atoms with van der Waals surface area (Å²) in [6.07, 6.45) is 0.276. The van der Waals surface area contributed by atoms with Gasteiger partial charge in [0.2, 0.25) is 0 Å². The summed E-state index contributed by atoms with van der Waals surface area (Å²) in [5.74, 6) is 0.154. The molecule has 13 heteroatoms. The average Bonchev–Trinajstić information content (AvgIpc) is 3.01. The van der Waals surface area contributed by atoms with Crippen LogP contribution in [0.2, 0.25) is 0 Å². The first-order chi connectivity index (χ1) is 11.8. The topological polar surface area (TPSA) is 175 Å². The fourth-order valence-electron chi connectivity index (χ4n) is 2.86. The van der Waals surface area contributed by atoms with Crippen molar-refractivity contribution in [1.82, 2.24) is 19.5 Å². The molecule has 0 saturated carbocycles. The van der Waals surface area contributed by atoms with Crippen molar-refractivity contribution in [2.24, 2.45) is 0 Å². The van der Waals surface area contributed by atoms with Crippen molar-refractivity contribution in [3.8, 4) is 0 Å². The highest BCUT2D eigenvalue weighted by atomic mass is 31.2. The van der Waals surface area contributed by atoms with E-state index in [1.807, 2.05) is 0 Å². The molecule has 25 heavy (non-hydrogen) atoms. The lowest BCUT2D eigenvalue weighted by Crippen LogP contribution is -2.42. The van der Waals surface area contributed by atoms with Crippen molar-refractivity contribution in [1.29, 1.82) is 0 Å². The van der Waals surface area contributed by atoms with E-state index in [0.29, 0.717) is 11.2 Å². The summed E-state index contributed by atoms with van der Waals surface area (Å²) in [5.41, 5.74) is 6.35. The summed E-state index contributed by atoms with van der Waals surface area (Å²) in [5, 5.41) is 10.6. The zero-order valence-corrected chi connectivity index (χ0v) is 13.4. The highest BCUT2D eigenvalue weighted by Crippen LogP contribution is 2.45. The second kappa shape index (κ2) is 5.73. The quantitative estimate of drug-likeness (QED) is 0.488. The highest BCUT2D eigenvalue weighted by molar-refractivity contribution is 7.46. The highest BCUT2D eigenvalue weighted by Gasteiger charge is 2.52. The third-order valence-electron chi connectivity index (χ3n) is 4.00. The van der Waals surface area contributed by atoms with Gasteiger partial charge in [-0.3, -0.25) is 9.09 Å². The van der Waals surface area contributed by atoms with Crippen molar-refractivity contribution in [3.05, 3.63) is 25.0 Å². The van der Waals surface area contributed by atoms with E-state index in [2.05, 4.69) is 15.0 Å². The summed E-state index contributed by atoms with van der Waals surface area (Å²) < 4.78 is 28.3. The molecule has 0 amide bonds. The Balaban J connectivity index is 1.71. The van der Waals surface area contributed by atoms with Crippen LogP contribution in [-0.2, 0) is 18.6 Å². The fourth-order valence-corrected chi connectivity index (χ4v) is 3.43. The maximum Gasteiger partial charge on any atom is 0.470 e. The summed E-state index contributed by atoms with van der Waals surface area (Å²) in [7, 11) is -4.87. The van der Waals surface area contributed by atoms with Gasteiger partial charge in [0.15, 0.2) is 17.7 Å². The predicted octanol–water partition coefficient (Wildman–Crippen LogP) is -0.943. The predicted molar refractivity (Wildman–Crippen MR) is 80.6 cm³/mol. The molecule has 134 valence electrons. The van der Waals surface area contributed by atoms with Gasteiger partial charge in [0.05, 0.1) is 12.6 Å². The Labute approximate surface area is 140 Å². The molecule has 0 aromatic carbocycles. The van der Waals surface area contributed by atoms with Crippen molar-refractivity contribution in [2.45, 2.75) is 30.6 Å². The lowest BCUT2D eigenvalue weighted by atomic mass is 10.0. The molecule has 2 aromatic rings. The number of aromatic nitrogens is 4. The number of nitrogen functional groups attached to an aromatic ring is 1. The lowest BCUT2D eigenvalue weighted by molar-refractivity contribution is -0.0835. The van der Waals surface area contributed by atoms with Gasteiger partial charge in [-0.2, -0.15) is 0 Å². The van der Waals surface area contributed by atoms with Gasteiger partial charge in [-0.15, -0.1) is 0 Å². The van der Waals surface area contributed by atoms with Crippen LogP contribution in [0.3, 0.4) is 0 Å². The molecule has 4 heterocycles. The van der Waals surface area contributed by atoms with Crippen LogP contribution < -0.4 is 5.73 Å². The number of aliphatic hydroxyl groups is 1. The maximum atomic E-state index is 11.2. The molecule has 1 saturated heterocycles. The van der Waals surface area contributed by atoms with E-state index in [0.717, 1.165) is 0 Å². The van der Waals surface area contributed by atoms with Crippen LogP contribution >= 0.6 is 7.82 Å². The smallest absolute Gasteiger partial charge is 0.470 e. The zero-order chi connectivity index (χ0) is 17.8. The van der Waals surface area contributed by atoms with Gasteiger partial charge < -0.3 is 30.1 Å². The largest absolute Gasteiger partial charge is 0.491 e. The first kappa shape index (κ1) is 16.4. The Hall–Kier alpha value is -2.08. The second-order valence-electron chi connectivity index (χ2n) is 5.55. The standard InChI is InChI=1S/C12H14N5O7P/c13-10-6-11(15-3-14-10)17(4-16-6)12-7(18)9(24-25(19,20)21)8(23-12)5-1-2-22-5/h1-5,7-9,12,18H,(H2,13,14,15)(H2,19,20,21)/t5?,7-,8-,9+,12-/m1/s1. The van der Waals surface area contributed by atoms with Crippen LogP contribution in [0.15, 0.2) is 25.0 Å². The van der Waals surface area contributed by atoms with Gasteiger partial charge in [0, 0.05) is 0 Å². The number of nitrogens with zero attached hydrogens (tertiary/aromatic N) is 4. The molecule has 0 bridgehead atoms. The Morgan fingerprint density at radius 1 is 1.32 bits per heavy atom. The third kappa shape index (κ3) is 2.78. The number of hydrogen-bond donors (Lipinski definition) is 4. The molecule has 0 radical (unpaired) electrons. The number of aliphatic hydroxyl groups excluding tert-OH is 1. The first-order valence-electron chi connectivity index (χ1n) is 7.18. The Morgan fingerprint density at radius 2 is 2.08 bits per heavy atom. The second-order valence-corrected chi connectivity index (χ2v) is 6.75. The summed E-state index contributed by atoms with van der Waals surface area (Å²) >= 11 is 0. The van der Waals surface area contributed by atoms with Crippen LogP contribution in [0.4, 0.5) is 5.82 Å². The van der Waals surface area contributed by atoms with E-state index in [1.54, 1.807) is 6.08 Å². The van der Waals surface area contributed by atoms with E-state index in [4.69, 9.17) is 29.5 Å². The van der Waals surface area contributed by atoms with Crippen LogP contribution in [0.1, 0.15) is 6.23 Å². The number of nitrogens with two attached hydrogens (primary N) is 1. The van der Waals surface area contributed by atoms with Crippen molar-refractivity contribution < 1.29 is 33.5 Å². The number of ether oxygens (including phenoxy) is 2.